The van der Waals surface area contributed by atoms with Crippen molar-refractivity contribution in [2.24, 2.45) is 0 Å². The van der Waals surface area contributed by atoms with E-state index in [-0.39, 0.29) is 6.04 Å². The van der Waals surface area contributed by atoms with Crippen molar-refractivity contribution < 1.29 is 0 Å². The van der Waals surface area contributed by atoms with E-state index in [4.69, 9.17) is 5.26 Å². The largest absolute Gasteiger partial charge is 0.285 e. The van der Waals surface area contributed by atoms with E-state index in [0.717, 1.165) is 13.0 Å². The second-order valence-corrected chi connectivity index (χ2v) is 3.50. The normalized spacial score (nSPS) is 24.7. The minimum Gasteiger partial charge on any atom is -0.285 e. The molecule has 1 atom stereocenters. The summed E-state index contributed by atoms with van der Waals surface area (Å²) in [6.45, 7) is 5.55. The summed E-state index contributed by atoms with van der Waals surface area (Å²) in [5.41, 5.74) is 0. The van der Waals surface area contributed by atoms with Gasteiger partial charge in [-0.15, -0.1) is 0 Å². The number of likely N-dealkylation sites (tertiary alicyclic amines) is 1. The summed E-state index contributed by atoms with van der Waals surface area (Å²) in [6, 6.07) is 3.23. The van der Waals surface area contributed by atoms with Gasteiger partial charge in [-0.3, -0.25) is 4.90 Å². The van der Waals surface area contributed by atoms with Gasteiger partial charge >= 0.3 is 0 Å². The highest BCUT2D eigenvalue weighted by atomic mass is 15.2. The predicted molar refractivity (Wildman–Crippen MR) is 49.7 cm³/mol. The molecule has 1 aliphatic rings. The first-order valence-electron chi connectivity index (χ1n) is 4.98. The van der Waals surface area contributed by atoms with Crippen molar-refractivity contribution in [1.82, 2.24) is 4.90 Å². The maximum Gasteiger partial charge on any atom is 0.0980 e. The van der Waals surface area contributed by atoms with E-state index in [1.807, 2.05) is 0 Å². The van der Waals surface area contributed by atoms with Crippen LogP contribution < -0.4 is 0 Å². The van der Waals surface area contributed by atoms with E-state index >= 15 is 0 Å². The lowest BCUT2D eigenvalue weighted by atomic mass is 10.1. The minimum atomic E-state index is 0.204. The first kappa shape index (κ1) is 9.54. The van der Waals surface area contributed by atoms with Gasteiger partial charge in [-0.05, 0) is 32.2 Å². The monoisotopic (exact) mass is 166 g/mol. The Morgan fingerprint density at radius 1 is 1.50 bits per heavy atom. The van der Waals surface area contributed by atoms with Gasteiger partial charge in [0.05, 0.1) is 12.1 Å². The molecule has 0 aliphatic carbocycles. The van der Waals surface area contributed by atoms with Crippen LogP contribution in [0.2, 0.25) is 0 Å². The highest BCUT2D eigenvalue weighted by Crippen LogP contribution is 2.22. The fraction of sp³-hybridized carbons (Fsp3) is 0.900. The minimum absolute atomic E-state index is 0.204. The Kier molecular flexibility index (Phi) is 3.55. The van der Waals surface area contributed by atoms with Gasteiger partial charge in [0.2, 0.25) is 0 Å². The Hall–Kier alpha value is -0.550. The molecule has 0 aromatic rings. The van der Waals surface area contributed by atoms with Crippen molar-refractivity contribution in [1.29, 1.82) is 5.26 Å². The lowest BCUT2D eigenvalue weighted by molar-refractivity contribution is 0.198. The number of hydrogen-bond donors (Lipinski definition) is 0. The molecule has 1 unspecified atom stereocenters. The van der Waals surface area contributed by atoms with Gasteiger partial charge < -0.3 is 0 Å². The third kappa shape index (κ3) is 1.78. The summed E-state index contributed by atoms with van der Waals surface area (Å²) in [5.74, 6) is 0. The fourth-order valence-electron chi connectivity index (χ4n) is 2.12. The highest BCUT2D eigenvalue weighted by Gasteiger charge is 2.28. The van der Waals surface area contributed by atoms with E-state index in [0.29, 0.717) is 6.04 Å². The number of nitrogens with zero attached hydrogens (tertiary/aromatic N) is 2. The van der Waals surface area contributed by atoms with Gasteiger partial charge in [0.15, 0.2) is 0 Å². The molecule has 1 heterocycles. The van der Waals surface area contributed by atoms with Crippen molar-refractivity contribution in [3.63, 3.8) is 0 Å². The molecule has 1 rings (SSSR count). The van der Waals surface area contributed by atoms with Crippen LogP contribution in [0.25, 0.3) is 0 Å². The summed E-state index contributed by atoms with van der Waals surface area (Å²) in [5, 5.41) is 8.88. The van der Waals surface area contributed by atoms with Gasteiger partial charge in [0.25, 0.3) is 0 Å². The van der Waals surface area contributed by atoms with Crippen LogP contribution in [0.1, 0.15) is 39.5 Å². The standard InChI is InChI=1S/C10H18N2/c1-3-9(4-2)12-7-5-6-10(12)8-11/h9-10H,3-7H2,1-2H3. The molecule has 68 valence electrons. The van der Waals surface area contributed by atoms with Crippen molar-refractivity contribution in [3.8, 4) is 6.07 Å². The molecule has 0 aromatic carbocycles. The summed E-state index contributed by atoms with van der Waals surface area (Å²) in [4.78, 5) is 2.38. The lowest BCUT2D eigenvalue weighted by Crippen LogP contribution is -2.37. The van der Waals surface area contributed by atoms with Crippen LogP contribution in [0.3, 0.4) is 0 Å². The number of rotatable bonds is 3. The SMILES string of the molecule is CCC(CC)N1CCCC1C#N. The lowest BCUT2D eigenvalue weighted by Gasteiger charge is -2.27. The first-order chi connectivity index (χ1) is 5.83. The summed E-state index contributed by atoms with van der Waals surface area (Å²) >= 11 is 0. The topological polar surface area (TPSA) is 27.0 Å². The van der Waals surface area contributed by atoms with E-state index in [9.17, 15) is 0 Å². The molecule has 0 aromatic heterocycles. The summed E-state index contributed by atoms with van der Waals surface area (Å²) in [6.07, 6.45) is 4.63. The molecule has 0 radical (unpaired) electrons. The first-order valence-corrected chi connectivity index (χ1v) is 4.98. The van der Waals surface area contributed by atoms with E-state index in [1.54, 1.807) is 0 Å². The smallest absolute Gasteiger partial charge is 0.0980 e. The van der Waals surface area contributed by atoms with Crippen molar-refractivity contribution in [2.45, 2.75) is 51.6 Å². The number of hydrogen-bond acceptors (Lipinski definition) is 2. The van der Waals surface area contributed by atoms with E-state index < -0.39 is 0 Å². The van der Waals surface area contributed by atoms with Crippen molar-refractivity contribution >= 4 is 0 Å². The third-order valence-electron chi connectivity index (χ3n) is 2.85. The van der Waals surface area contributed by atoms with Crippen LogP contribution in [-0.2, 0) is 0 Å². The molecule has 0 amide bonds. The highest BCUT2D eigenvalue weighted by molar-refractivity contribution is 4.97. The van der Waals surface area contributed by atoms with Crippen LogP contribution in [0, 0.1) is 11.3 Å². The molecule has 12 heavy (non-hydrogen) atoms. The van der Waals surface area contributed by atoms with Gasteiger partial charge in [0.1, 0.15) is 0 Å². The molecular weight excluding hydrogens is 148 g/mol. The molecular formula is C10H18N2. The molecule has 0 N–H and O–H groups in total. The molecule has 1 fully saturated rings. The Balaban J connectivity index is 2.54. The zero-order valence-corrected chi connectivity index (χ0v) is 8.08. The molecule has 1 saturated heterocycles. The Labute approximate surface area is 75.2 Å². The summed E-state index contributed by atoms with van der Waals surface area (Å²) < 4.78 is 0. The quantitative estimate of drug-likeness (QED) is 0.642. The zero-order valence-electron chi connectivity index (χ0n) is 8.08. The molecule has 1 aliphatic heterocycles. The predicted octanol–water partition coefficient (Wildman–Crippen LogP) is 2.16. The van der Waals surface area contributed by atoms with Crippen LogP contribution in [0.15, 0.2) is 0 Å². The average Bonchev–Trinajstić information content (AvgIpc) is 2.55. The van der Waals surface area contributed by atoms with Crippen LogP contribution >= 0.6 is 0 Å². The fourth-order valence-corrected chi connectivity index (χ4v) is 2.12. The Bertz CT molecular complexity index is 167. The maximum atomic E-state index is 8.88. The van der Waals surface area contributed by atoms with Crippen LogP contribution in [0.4, 0.5) is 0 Å². The molecule has 0 spiro atoms. The Morgan fingerprint density at radius 3 is 2.67 bits per heavy atom. The van der Waals surface area contributed by atoms with Crippen molar-refractivity contribution in [3.05, 3.63) is 0 Å². The molecule has 2 nitrogen and oxygen atoms in total. The van der Waals surface area contributed by atoms with Gasteiger partial charge in [-0.25, -0.2) is 0 Å². The summed E-state index contributed by atoms with van der Waals surface area (Å²) in [7, 11) is 0. The molecule has 0 bridgehead atoms. The van der Waals surface area contributed by atoms with Gasteiger partial charge in [-0.2, -0.15) is 5.26 Å². The third-order valence-corrected chi connectivity index (χ3v) is 2.85. The maximum absolute atomic E-state index is 8.88. The van der Waals surface area contributed by atoms with Crippen LogP contribution in [0.5, 0.6) is 0 Å². The average molecular weight is 166 g/mol. The van der Waals surface area contributed by atoms with E-state index in [2.05, 4.69) is 24.8 Å². The van der Waals surface area contributed by atoms with Crippen LogP contribution in [-0.4, -0.2) is 23.5 Å². The van der Waals surface area contributed by atoms with Crippen molar-refractivity contribution in [2.75, 3.05) is 6.54 Å². The second kappa shape index (κ2) is 4.47. The molecule has 0 saturated carbocycles. The van der Waals surface area contributed by atoms with Gasteiger partial charge in [0, 0.05) is 6.04 Å². The second-order valence-electron chi connectivity index (χ2n) is 3.50. The Morgan fingerprint density at radius 2 is 2.17 bits per heavy atom. The zero-order chi connectivity index (χ0) is 8.97. The number of nitriles is 1. The van der Waals surface area contributed by atoms with E-state index in [1.165, 1.54) is 19.3 Å². The molecule has 2 heteroatoms. The van der Waals surface area contributed by atoms with Gasteiger partial charge in [-0.1, -0.05) is 13.8 Å².